The summed E-state index contributed by atoms with van der Waals surface area (Å²) in [6.45, 7) is 8.92. The first-order valence-electron chi connectivity index (χ1n) is 16.0. The zero-order chi connectivity index (χ0) is 32.8. The first-order valence-corrected chi connectivity index (χ1v) is 16.0. The number of aryl methyl sites for hydroxylation is 1. The fraction of sp³-hybridized carbons (Fsp3) is 0.417. The number of nitrogens with one attached hydrogen (secondary N) is 2. The maximum Gasteiger partial charge on any atom is 0.293 e. The molecule has 1 saturated heterocycles. The van der Waals surface area contributed by atoms with Crippen LogP contribution in [0.15, 0.2) is 54.7 Å². The van der Waals surface area contributed by atoms with E-state index >= 15 is 0 Å². The lowest BCUT2D eigenvalue weighted by Crippen LogP contribution is -2.54. The van der Waals surface area contributed by atoms with E-state index in [1.807, 2.05) is 18.2 Å². The van der Waals surface area contributed by atoms with Gasteiger partial charge in [0.05, 0.1) is 30.6 Å². The molecule has 1 amide bonds. The lowest BCUT2D eigenvalue weighted by molar-refractivity contribution is -0.137. The number of hydrogen-bond acceptors (Lipinski definition) is 8. The van der Waals surface area contributed by atoms with Crippen LogP contribution >= 0.6 is 0 Å². The number of nitrogens with zero attached hydrogens (tertiary/aromatic N) is 3. The van der Waals surface area contributed by atoms with Gasteiger partial charge in [-0.3, -0.25) is 19.6 Å². The first-order chi connectivity index (χ1) is 22.2. The molecule has 0 aliphatic carbocycles. The summed E-state index contributed by atoms with van der Waals surface area (Å²) < 4.78 is 7.46. The Morgan fingerprint density at radius 1 is 1.17 bits per heavy atom. The number of pyridine rings is 1. The minimum Gasteiger partial charge on any atom is -0.508 e. The molecule has 0 radical (unpaired) electrons. The van der Waals surface area contributed by atoms with E-state index in [0.29, 0.717) is 38.1 Å². The Kier molecular flexibility index (Phi) is 10.4. The largest absolute Gasteiger partial charge is 0.508 e. The molecule has 0 spiro atoms. The molecule has 244 valence electrons. The molecule has 1 aliphatic rings. The van der Waals surface area contributed by atoms with Crippen molar-refractivity contribution in [2.45, 2.75) is 65.6 Å². The predicted molar refractivity (Wildman–Crippen MR) is 179 cm³/mol. The lowest BCUT2D eigenvalue weighted by atomic mass is 9.84. The predicted octanol–water partition coefficient (Wildman–Crippen LogP) is 4.59. The van der Waals surface area contributed by atoms with Crippen LogP contribution in [0.2, 0.25) is 0 Å². The van der Waals surface area contributed by atoms with Crippen LogP contribution in [0, 0.1) is 5.41 Å². The van der Waals surface area contributed by atoms with Gasteiger partial charge in [0.1, 0.15) is 5.75 Å². The van der Waals surface area contributed by atoms with E-state index in [0.717, 1.165) is 63.8 Å². The van der Waals surface area contributed by atoms with Crippen molar-refractivity contribution in [3.05, 3.63) is 71.5 Å². The number of phenolic OH excluding ortho intramolecular Hbond substituents is 1. The second-order valence-electron chi connectivity index (χ2n) is 12.7. The maximum atomic E-state index is 13.3. The number of carbonyl (C=O) groups excluding carboxylic acids is 2. The molecule has 1 fully saturated rings. The van der Waals surface area contributed by atoms with Gasteiger partial charge in [0.15, 0.2) is 0 Å². The zero-order valence-corrected chi connectivity index (χ0v) is 27.2. The number of likely N-dealkylation sites (N-methyl/N-ethyl adjacent to an activating group) is 1. The summed E-state index contributed by atoms with van der Waals surface area (Å²) in [6, 6.07) is 15.2. The SMILES string of the molecule is CCn1c(-c2cccnc2CO)c(CC(C)(C)COC=O)c2cc(-c3cc(O)cc(CC(NC)C(=O)N4CCCCN4)c3)ccc21. The molecule has 4 aromatic rings. The highest BCUT2D eigenvalue weighted by Gasteiger charge is 2.28. The maximum absolute atomic E-state index is 13.3. The zero-order valence-electron chi connectivity index (χ0n) is 27.2. The Labute approximate surface area is 270 Å². The number of aromatic nitrogens is 2. The van der Waals surface area contributed by atoms with E-state index in [1.54, 1.807) is 30.4 Å². The fourth-order valence-electron chi connectivity index (χ4n) is 6.56. The molecular formula is C36H45N5O5. The lowest BCUT2D eigenvalue weighted by Gasteiger charge is -2.31. The number of aromatic hydroxyl groups is 1. The molecule has 0 saturated carbocycles. The van der Waals surface area contributed by atoms with E-state index in [9.17, 15) is 19.8 Å². The summed E-state index contributed by atoms with van der Waals surface area (Å²) in [6.07, 6.45) is 4.73. The highest BCUT2D eigenvalue weighted by Crippen LogP contribution is 2.41. The van der Waals surface area contributed by atoms with E-state index in [-0.39, 0.29) is 30.3 Å². The van der Waals surface area contributed by atoms with Gasteiger partial charge in [-0.1, -0.05) is 26.0 Å². The van der Waals surface area contributed by atoms with Crippen LogP contribution in [0.1, 0.15) is 50.4 Å². The third-order valence-corrected chi connectivity index (χ3v) is 8.75. The van der Waals surface area contributed by atoms with Crippen molar-refractivity contribution in [1.82, 2.24) is 25.3 Å². The van der Waals surface area contributed by atoms with E-state index in [1.165, 1.54) is 0 Å². The van der Waals surface area contributed by atoms with Gasteiger partial charge in [-0.2, -0.15) is 0 Å². The van der Waals surface area contributed by atoms with Gasteiger partial charge in [-0.05, 0) is 98.3 Å². The van der Waals surface area contributed by atoms with Crippen molar-refractivity contribution in [2.24, 2.45) is 5.41 Å². The monoisotopic (exact) mass is 627 g/mol. The Hall–Kier alpha value is -4.25. The van der Waals surface area contributed by atoms with E-state index in [4.69, 9.17) is 4.74 Å². The molecule has 10 heteroatoms. The average molecular weight is 628 g/mol. The van der Waals surface area contributed by atoms with Crippen molar-refractivity contribution in [1.29, 1.82) is 0 Å². The number of ether oxygens (including phenoxy) is 1. The van der Waals surface area contributed by atoms with E-state index in [2.05, 4.69) is 59.3 Å². The average Bonchev–Trinajstić information content (AvgIpc) is 3.37. The Bertz CT molecular complexity index is 1690. The van der Waals surface area contributed by atoms with Crippen LogP contribution in [0.3, 0.4) is 0 Å². The highest BCUT2D eigenvalue weighted by atomic mass is 16.5. The van der Waals surface area contributed by atoms with Crippen LogP contribution in [-0.2, 0) is 40.3 Å². The third-order valence-electron chi connectivity index (χ3n) is 8.75. The number of phenols is 1. The quantitative estimate of drug-likeness (QED) is 0.159. The van der Waals surface area contributed by atoms with Gasteiger partial charge in [0.25, 0.3) is 12.4 Å². The number of rotatable bonds is 13. The second-order valence-corrected chi connectivity index (χ2v) is 12.7. The number of fused-ring (bicyclic) bond motifs is 1. The number of amides is 1. The highest BCUT2D eigenvalue weighted by molar-refractivity contribution is 5.95. The van der Waals surface area contributed by atoms with Crippen LogP contribution in [-0.4, -0.2) is 69.9 Å². The normalized spacial score (nSPS) is 14.4. The summed E-state index contributed by atoms with van der Waals surface area (Å²) >= 11 is 0. The van der Waals surface area contributed by atoms with Gasteiger partial charge in [-0.25, -0.2) is 5.43 Å². The van der Waals surface area contributed by atoms with Gasteiger partial charge in [0, 0.05) is 47.7 Å². The summed E-state index contributed by atoms with van der Waals surface area (Å²) in [5, 5.41) is 26.9. The standard InChI is InChI=1S/C36H45N5O5/c1-5-40-33-11-10-25(26-15-24(16-27(44)18-26)17-31(37-4)35(45)41-14-7-6-13-39-41)19-29(33)30(20-36(2,3)22-46-23-43)34(40)28-9-8-12-38-32(28)21-42/h8-12,15-16,18-19,23,31,37,39,42,44H,5-7,13-14,17,20-22H2,1-4H3. The smallest absolute Gasteiger partial charge is 0.293 e. The van der Waals surface area contributed by atoms with Crippen molar-refractivity contribution in [3.8, 4) is 28.1 Å². The summed E-state index contributed by atoms with van der Waals surface area (Å²) in [7, 11) is 1.79. The Morgan fingerprint density at radius 2 is 2.00 bits per heavy atom. The Balaban J connectivity index is 1.60. The van der Waals surface area contributed by atoms with E-state index < -0.39 is 6.04 Å². The third kappa shape index (κ3) is 7.09. The number of aliphatic hydroxyl groups excluding tert-OH is 1. The number of aliphatic hydroxyl groups is 1. The second kappa shape index (κ2) is 14.5. The number of hydrazine groups is 1. The molecule has 0 bridgehead atoms. The summed E-state index contributed by atoms with van der Waals surface area (Å²) in [5.74, 6) is 0.124. The van der Waals surface area contributed by atoms with Crippen molar-refractivity contribution in [3.63, 3.8) is 0 Å². The molecule has 4 N–H and O–H groups in total. The molecule has 1 unspecified atom stereocenters. The first kappa shape index (κ1) is 33.1. The molecule has 46 heavy (non-hydrogen) atoms. The van der Waals surface area contributed by atoms with Gasteiger partial charge in [-0.15, -0.1) is 0 Å². The van der Waals surface area contributed by atoms with Crippen molar-refractivity contribution < 1.29 is 24.5 Å². The van der Waals surface area contributed by atoms with Crippen LogP contribution in [0.5, 0.6) is 5.75 Å². The molecule has 1 aliphatic heterocycles. The van der Waals surface area contributed by atoms with Gasteiger partial charge < -0.3 is 24.8 Å². The van der Waals surface area contributed by atoms with Gasteiger partial charge in [0.2, 0.25) is 0 Å². The molecule has 5 rings (SSSR count). The molecule has 1 atom stereocenters. The number of benzene rings is 2. The van der Waals surface area contributed by atoms with Crippen LogP contribution in [0.25, 0.3) is 33.3 Å². The number of hydrogen-bond donors (Lipinski definition) is 4. The Morgan fingerprint density at radius 3 is 2.70 bits per heavy atom. The number of carbonyl (C=O) groups is 2. The van der Waals surface area contributed by atoms with Gasteiger partial charge >= 0.3 is 0 Å². The van der Waals surface area contributed by atoms with Crippen LogP contribution < -0.4 is 10.7 Å². The minimum atomic E-state index is -0.438. The molecule has 2 aromatic carbocycles. The molecule has 10 nitrogen and oxygen atoms in total. The van der Waals surface area contributed by atoms with Crippen molar-refractivity contribution in [2.75, 3.05) is 26.7 Å². The molecule has 2 aromatic heterocycles. The van der Waals surface area contributed by atoms with Crippen LogP contribution in [0.4, 0.5) is 0 Å². The fourth-order valence-corrected chi connectivity index (χ4v) is 6.56. The topological polar surface area (TPSA) is 129 Å². The van der Waals surface area contributed by atoms with Crippen molar-refractivity contribution >= 4 is 23.3 Å². The summed E-state index contributed by atoms with van der Waals surface area (Å²) in [4.78, 5) is 28.8. The summed E-state index contributed by atoms with van der Waals surface area (Å²) in [5.41, 5.74) is 9.96. The molecule has 3 heterocycles. The minimum absolute atomic E-state index is 0.00888. The molecular weight excluding hydrogens is 582 g/mol.